The zero-order chi connectivity index (χ0) is 16.7. The number of hydrogen-bond acceptors (Lipinski definition) is 4. The summed E-state index contributed by atoms with van der Waals surface area (Å²) in [6.07, 6.45) is 1.23. The number of carbonyl (C=O) groups excluding carboxylic acids is 4. The Morgan fingerprint density at radius 1 is 1.22 bits per heavy atom. The third-order valence-corrected chi connectivity index (χ3v) is 4.65. The summed E-state index contributed by atoms with van der Waals surface area (Å²) in [5.41, 5.74) is 1.67. The van der Waals surface area contributed by atoms with Gasteiger partial charge < -0.3 is 0 Å². The Kier molecular flexibility index (Phi) is 3.75. The number of rotatable bonds is 3. The Labute approximate surface area is 135 Å². The van der Waals surface area contributed by atoms with E-state index in [1.165, 1.54) is 0 Å². The summed E-state index contributed by atoms with van der Waals surface area (Å²) in [6.45, 7) is 4.11. The molecule has 1 fully saturated rings. The standard InChI is InChI=1S/C17H18N2O4.H2/c1-3-9(2)10-4-5-11-12(8-10)17(23)19(16(11)22)13-6-7-14(20)18-15(13)21;/h4-5,8-9,13H,3,6-7H2,1-2H3,(H,18,20,21);1H. The van der Waals surface area contributed by atoms with Crippen LogP contribution in [0.3, 0.4) is 0 Å². The summed E-state index contributed by atoms with van der Waals surface area (Å²) in [6, 6.07) is 4.34. The Hall–Kier alpha value is -2.50. The van der Waals surface area contributed by atoms with Gasteiger partial charge in [-0.25, -0.2) is 0 Å². The summed E-state index contributed by atoms with van der Waals surface area (Å²) in [5, 5.41) is 2.19. The summed E-state index contributed by atoms with van der Waals surface area (Å²) in [5.74, 6) is -1.59. The van der Waals surface area contributed by atoms with Gasteiger partial charge in [0.2, 0.25) is 11.8 Å². The molecule has 2 aliphatic rings. The molecule has 2 unspecified atom stereocenters. The number of carbonyl (C=O) groups is 4. The quantitative estimate of drug-likeness (QED) is 0.863. The monoisotopic (exact) mass is 316 g/mol. The topological polar surface area (TPSA) is 83.6 Å². The van der Waals surface area contributed by atoms with Crippen LogP contribution in [-0.2, 0) is 9.59 Å². The first kappa shape index (κ1) is 15.4. The molecular formula is C17H20N2O4. The number of hydrogen-bond donors (Lipinski definition) is 1. The molecule has 3 rings (SSSR count). The van der Waals surface area contributed by atoms with Crippen molar-refractivity contribution in [1.82, 2.24) is 10.2 Å². The van der Waals surface area contributed by atoms with E-state index in [1.807, 2.05) is 6.07 Å². The molecule has 2 atom stereocenters. The van der Waals surface area contributed by atoms with Crippen LogP contribution in [0.5, 0.6) is 0 Å². The maximum Gasteiger partial charge on any atom is 0.262 e. The first-order valence-corrected chi connectivity index (χ1v) is 7.79. The van der Waals surface area contributed by atoms with E-state index in [2.05, 4.69) is 19.2 Å². The van der Waals surface area contributed by atoms with Gasteiger partial charge in [-0.05, 0) is 36.5 Å². The maximum atomic E-state index is 12.6. The molecular weight excluding hydrogens is 296 g/mol. The van der Waals surface area contributed by atoms with Gasteiger partial charge in [-0.3, -0.25) is 29.4 Å². The molecule has 6 heteroatoms. The van der Waals surface area contributed by atoms with E-state index in [1.54, 1.807) is 12.1 Å². The zero-order valence-electron chi connectivity index (χ0n) is 13.1. The first-order valence-electron chi connectivity index (χ1n) is 7.79. The third-order valence-electron chi connectivity index (χ3n) is 4.65. The number of piperidine rings is 1. The van der Waals surface area contributed by atoms with E-state index in [-0.39, 0.29) is 26.1 Å². The van der Waals surface area contributed by atoms with Crippen molar-refractivity contribution in [2.75, 3.05) is 0 Å². The molecule has 0 bridgehead atoms. The molecule has 122 valence electrons. The predicted octanol–water partition coefficient (Wildman–Crippen LogP) is 1.85. The highest BCUT2D eigenvalue weighted by Gasteiger charge is 2.44. The van der Waals surface area contributed by atoms with E-state index in [0.29, 0.717) is 11.1 Å². The average Bonchev–Trinajstić information content (AvgIpc) is 2.78. The molecule has 0 aromatic heterocycles. The zero-order valence-corrected chi connectivity index (χ0v) is 13.1. The molecule has 0 spiro atoms. The van der Waals surface area contributed by atoms with Crippen LogP contribution < -0.4 is 5.32 Å². The van der Waals surface area contributed by atoms with Gasteiger partial charge in [-0.15, -0.1) is 0 Å². The highest BCUT2D eigenvalue weighted by Crippen LogP contribution is 2.30. The molecule has 2 aliphatic heterocycles. The average molecular weight is 316 g/mol. The molecule has 23 heavy (non-hydrogen) atoms. The molecule has 0 radical (unpaired) electrons. The molecule has 6 nitrogen and oxygen atoms in total. The summed E-state index contributed by atoms with van der Waals surface area (Å²) in [7, 11) is 0. The lowest BCUT2D eigenvalue weighted by molar-refractivity contribution is -0.136. The summed E-state index contributed by atoms with van der Waals surface area (Å²) in [4.78, 5) is 49.4. The highest BCUT2D eigenvalue weighted by atomic mass is 16.2. The Balaban J connectivity index is 0.00000208. The van der Waals surface area contributed by atoms with Crippen LogP contribution in [0.25, 0.3) is 0 Å². The summed E-state index contributed by atoms with van der Waals surface area (Å²) >= 11 is 0. The Morgan fingerprint density at radius 2 is 1.91 bits per heavy atom. The molecule has 1 aromatic rings. The molecule has 0 aliphatic carbocycles. The van der Waals surface area contributed by atoms with Crippen LogP contribution in [0.4, 0.5) is 0 Å². The van der Waals surface area contributed by atoms with Gasteiger partial charge in [-0.1, -0.05) is 19.9 Å². The van der Waals surface area contributed by atoms with Crippen molar-refractivity contribution in [1.29, 1.82) is 0 Å². The van der Waals surface area contributed by atoms with Gasteiger partial charge in [0.1, 0.15) is 6.04 Å². The fourth-order valence-corrected chi connectivity index (χ4v) is 3.03. The van der Waals surface area contributed by atoms with Crippen molar-refractivity contribution in [3.05, 3.63) is 34.9 Å². The van der Waals surface area contributed by atoms with Crippen molar-refractivity contribution in [3.8, 4) is 0 Å². The van der Waals surface area contributed by atoms with E-state index >= 15 is 0 Å². The number of imide groups is 2. The molecule has 1 N–H and O–H groups in total. The van der Waals surface area contributed by atoms with E-state index in [0.717, 1.165) is 16.9 Å². The van der Waals surface area contributed by atoms with Crippen molar-refractivity contribution >= 4 is 23.6 Å². The van der Waals surface area contributed by atoms with Gasteiger partial charge in [0, 0.05) is 7.85 Å². The van der Waals surface area contributed by atoms with Crippen LogP contribution >= 0.6 is 0 Å². The molecule has 2 heterocycles. The number of fused-ring (bicyclic) bond motifs is 1. The number of nitrogens with one attached hydrogen (secondary N) is 1. The molecule has 4 amide bonds. The van der Waals surface area contributed by atoms with Gasteiger partial charge in [0.05, 0.1) is 11.1 Å². The Bertz CT molecular complexity index is 731. The van der Waals surface area contributed by atoms with E-state index < -0.39 is 23.8 Å². The maximum absolute atomic E-state index is 12.6. The van der Waals surface area contributed by atoms with Crippen LogP contribution in [0.2, 0.25) is 0 Å². The van der Waals surface area contributed by atoms with Crippen LogP contribution in [-0.4, -0.2) is 34.6 Å². The minimum absolute atomic E-state index is 0. The van der Waals surface area contributed by atoms with Crippen molar-refractivity contribution in [2.24, 2.45) is 0 Å². The minimum Gasteiger partial charge on any atom is -0.295 e. The lowest BCUT2D eigenvalue weighted by Gasteiger charge is -2.27. The second-order valence-corrected chi connectivity index (χ2v) is 6.06. The second-order valence-electron chi connectivity index (χ2n) is 6.06. The SMILES string of the molecule is CCC(C)c1ccc2c(c1)C(=O)N(C1CCC(=O)NC1=O)C2=O.[HH]. The van der Waals surface area contributed by atoms with Crippen LogP contribution in [0, 0.1) is 0 Å². The van der Waals surface area contributed by atoms with Gasteiger partial charge in [0.25, 0.3) is 11.8 Å². The summed E-state index contributed by atoms with van der Waals surface area (Å²) < 4.78 is 0. The molecule has 0 saturated carbocycles. The Morgan fingerprint density at radius 3 is 2.57 bits per heavy atom. The highest BCUT2D eigenvalue weighted by molar-refractivity contribution is 6.23. The third kappa shape index (κ3) is 2.44. The van der Waals surface area contributed by atoms with E-state index in [4.69, 9.17) is 0 Å². The molecule has 1 saturated heterocycles. The smallest absolute Gasteiger partial charge is 0.262 e. The van der Waals surface area contributed by atoms with Gasteiger partial charge >= 0.3 is 0 Å². The lowest BCUT2D eigenvalue weighted by atomic mass is 9.95. The van der Waals surface area contributed by atoms with Crippen molar-refractivity contribution < 1.29 is 20.6 Å². The fraction of sp³-hybridized carbons (Fsp3) is 0.412. The van der Waals surface area contributed by atoms with E-state index in [9.17, 15) is 19.2 Å². The predicted molar refractivity (Wildman–Crippen MR) is 83.9 cm³/mol. The van der Waals surface area contributed by atoms with Gasteiger partial charge in [-0.2, -0.15) is 0 Å². The minimum atomic E-state index is -0.910. The lowest BCUT2D eigenvalue weighted by Crippen LogP contribution is -2.54. The largest absolute Gasteiger partial charge is 0.295 e. The second kappa shape index (κ2) is 5.61. The van der Waals surface area contributed by atoms with Crippen molar-refractivity contribution in [2.45, 2.75) is 45.1 Å². The number of nitrogens with zero attached hydrogens (tertiary/aromatic N) is 1. The van der Waals surface area contributed by atoms with Crippen molar-refractivity contribution in [3.63, 3.8) is 0 Å². The van der Waals surface area contributed by atoms with Crippen LogP contribution in [0.1, 0.15) is 66.7 Å². The van der Waals surface area contributed by atoms with Gasteiger partial charge in [0.15, 0.2) is 0 Å². The van der Waals surface area contributed by atoms with Crippen LogP contribution in [0.15, 0.2) is 18.2 Å². The normalized spacial score (nSPS) is 22.2. The first-order chi connectivity index (χ1) is 10.9. The number of benzene rings is 1. The number of amides is 4. The fourth-order valence-electron chi connectivity index (χ4n) is 3.03. The molecule has 1 aromatic carbocycles.